The molecule has 2 amide bonds. The normalized spacial score (nSPS) is 19.7. The van der Waals surface area contributed by atoms with Crippen molar-refractivity contribution in [2.45, 2.75) is 12.5 Å². The number of urea groups is 1. The number of likely N-dealkylation sites (N-methyl/N-ethyl adjacent to an activating group) is 1. The predicted octanol–water partition coefficient (Wildman–Crippen LogP) is 2.03. The van der Waals surface area contributed by atoms with Crippen LogP contribution < -0.4 is 5.32 Å². The van der Waals surface area contributed by atoms with Gasteiger partial charge in [0.05, 0.1) is 11.5 Å². The van der Waals surface area contributed by atoms with E-state index in [1.807, 2.05) is 31.1 Å². The molecule has 1 aromatic carbocycles. The van der Waals surface area contributed by atoms with Crippen molar-refractivity contribution in [3.8, 4) is 0 Å². The monoisotopic (exact) mass is 403 g/mol. The lowest BCUT2D eigenvalue weighted by Crippen LogP contribution is -2.46. The molecule has 0 aromatic heterocycles. The number of halogens is 1. The molecule has 0 bridgehead atoms. The van der Waals surface area contributed by atoms with Gasteiger partial charge < -0.3 is 15.1 Å². The average molecular weight is 404 g/mol. The molecular formula is C15H22BrN3O3S. The van der Waals surface area contributed by atoms with E-state index in [0.29, 0.717) is 25.2 Å². The number of sulfone groups is 1. The van der Waals surface area contributed by atoms with Gasteiger partial charge in [0.1, 0.15) is 0 Å². The van der Waals surface area contributed by atoms with Crippen LogP contribution in [0.15, 0.2) is 28.7 Å². The van der Waals surface area contributed by atoms with Gasteiger partial charge in [-0.05, 0) is 44.8 Å². The minimum Gasteiger partial charge on any atom is -0.319 e. The van der Waals surface area contributed by atoms with Crippen molar-refractivity contribution in [1.82, 2.24) is 9.80 Å². The molecule has 2 rings (SSSR count). The van der Waals surface area contributed by atoms with E-state index in [-0.39, 0.29) is 23.6 Å². The van der Waals surface area contributed by atoms with Crippen LogP contribution in [0, 0.1) is 0 Å². The SMILES string of the molecule is CN(C)CCN(C(=O)Nc1ccc(Br)cc1)C1CCS(=O)(=O)C1. The van der Waals surface area contributed by atoms with Gasteiger partial charge in [0.15, 0.2) is 9.84 Å². The van der Waals surface area contributed by atoms with Crippen LogP contribution in [0.2, 0.25) is 0 Å². The molecule has 1 aliphatic heterocycles. The Morgan fingerprint density at radius 2 is 1.91 bits per heavy atom. The van der Waals surface area contributed by atoms with Crippen molar-refractivity contribution in [2.24, 2.45) is 0 Å². The largest absolute Gasteiger partial charge is 0.322 e. The Labute approximate surface area is 145 Å². The van der Waals surface area contributed by atoms with Crippen LogP contribution in [0.5, 0.6) is 0 Å². The third-order valence-electron chi connectivity index (χ3n) is 3.79. The Morgan fingerprint density at radius 3 is 2.43 bits per heavy atom. The van der Waals surface area contributed by atoms with E-state index < -0.39 is 9.84 Å². The molecule has 23 heavy (non-hydrogen) atoms. The lowest BCUT2D eigenvalue weighted by molar-refractivity contribution is 0.186. The molecule has 1 heterocycles. The third-order valence-corrected chi connectivity index (χ3v) is 6.07. The highest BCUT2D eigenvalue weighted by Crippen LogP contribution is 2.20. The molecule has 1 saturated heterocycles. The molecule has 0 saturated carbocycles. The molecule has 1 N–H and O–H groups in total. The molecule has 6 nitrogen and oxygen atoms in total. The molecule has 1 unspecified atom stereocenters. The van der Waals surface area contributed by atoms with Gasteiger partial charge in [-0.2, -0.15) is 0 Å². The van der Waals surface area contributed by atoms with Crippen LogP contribution in [0.4, 0.5) is 10.5 Å². The van der Waals surface area contributed by atoms with Crippen LogP contribution in [0.1, 0.15) is 6.42 Å². The van der Waals surface area contributed by atoms with Crippen molar-refractivity contribution >= 4 is 37.5 Å². The van der Waals surface area contributed by atoms with Crippen molar-refractivity contribution in [3.05, 3.63) is 28.7 Å². The first-order valence-corrected chi connectivity index (χ1v) is 10.1. The first kappa shape index (κ1) is 18.2. The summed E-state index contributed by atoms with van der Waals surface area (Å²) in [6.07, 6.45) is 0.503. The zero-order valence-corrected chi connectivity index (χ0v) is 15.7. The lowest BCUT2D eigenvalue weighted by atomic mass is 10.2. The van der Waals surface area contributed by atoms with Crippen LogP contribution in [-0.2, 0) is 9.84 Å². The molecule has 128 valence electrons. The number of nitrogens with one attached hydrogen (secondary N) is 1. The van der Waals surface area contributed by atoms with Gasteiger partial charge in [0, 0.05) is 29.3 Å². The molecule has 0 radical (unpaired) electrons. The van der Waals surface area contributed by atoms with Gasteiger partial charge in [-0.1, -0.05) is 15.9 Å². The summed E-state index contributed by atoms with van der Waals surface area (Å²) in [7, 11) is 0.821. The quantitative estimate of drug-likeness (QED) is 0.816. The summed E-state index contributed by atoms with van der Waals surface area (Å²) in [6, 6.07) is 6.79. The third kappa shape index (κ3) is 5.47. The second kappa shape index (κ2) is 7.63. The number of rotatable bonds is 5. The summed E-state index contributed by atoms with van der Waals surface area (Å²) in [5.74, 6) is 0.204. The molecule has 1 atom stereocenters. The Kier molecular flexibility index (Phi) is 6.05. The molecule has 1 aromatic rings. The summed E-state index contributed by atoms with van der Waals surface area (Å²) in [4.78, 5) is 16.2. The zero-order valence-electron chi connectivity index (χ0n) is 13.3. The van der Waals surface area contributed by atoms with E-state index in [9.17, 15) is 13.2 Å². The Balaban J connectivity index is 2.09. The van der Waals surface area contributed by atoms with Crippen molar-refractivity contribution in [2.75, 3.05) is 44.0 Å². The first-order chi connectivity index (χ1) is 10.8. The Bertz CT molecular complexity index is 646. The number of hydrogen-bond donors (Lipinski definition) is 1. The van der Waals surface area contributed by atoms with E-state index in [0.717, 1.165) is 4.47 Å². The van der Waals surface area contributed by atoms with Crippen molar-refractivity contribution in [3.63, 3.8) is 0 Å². The summed E-state index contributed by atoms with van der Waals surface area (Å²) < 4.78 is 24.4. The van der Waals surface area contributed by atoms with Gasteiger partial charge in [0.25, 0.3) is 0 Å². The fourth-order valence-corrected chi connectivity index (χ4v) is 4.50. The number of carbonyl (C=O) groups is 1. The number of amides is 2. The highest BCUT2D eigenvalue weighted by atomic mass is 79.9. The average Bonchev–Trinajstić information content (AvgIpc) is 2.81. The maximum absolute atomic E-state index is 12.6. The highest BCUT2D eigenvalue weighted by molar-refractivity contribution is 9.10. The molecular weight excluding hydrogens is 382 g/mol. The smallest absolute Gasteiger partial charge is 0.319 e. The number of nitrogens with zero attached hydrogens (tertiary/aromatic N) is 2. The Hall–Kier alpha value is -1.12. The molecule has 1 aliphatic rings. The summed E-state index contributed by atoms with van der Waals surface area (Å²) in [6.45, 7) is 1.18. The van der Waals surface area contributed by atoms with E-state index in [4.69, 9.17) is 0 Å². The summed E-state index contributed by atoms with van der Waals surface area (Å²) >= 11 is 3.35. The minimum absolute atomic E-state index is 0.0498. The highest BCUT2D eigenvalue weighted by Gasteiger charge is 2.34. The van der Waals surface area contributed by atoms with Crippen molar-refractivity contribution in [1.29, 1.82) is 0 Å². The molecule has 8 heteroatoms. The van der Waals surface area contributed by atoms with Gasteiger partial charge in [-0.25, -0.2) is 13.2 Å². The maximum atomic E-state index is 12.6. The van der Waals surface area contributed by atoms with Crippen LogP contribution in [-0.4, -0.2) is 69.0 Å². The number of anilines is 1. The van der Waals surface area contributed by atoms with Crippen LogP contribution >= 0.6 is 15.9 Å². The maximum Gasteiger partial charge on any atom is 0.322 e. The fourth-order valence-electron chi connectivity index (χ4n) is 2.51. The predicted molar refractivity (Wildman–Crippen MR) is 95.5 cm³/mol. The molecule has 0 spiro atoms. The van der Waals surface area contributed by atoms with Crippen molar-refractivity contribution < 1.29 is 13.2 Å². The van der Waals surface area contributed by atoms with E-state index >= 15 is 0 Å². The van der Waals surface area contributed by atoms with Gasteiger partial charge in [-0.3, -0.25) is 0 Å². The zero-order chi connectivity index (χ0) is 17.0. The van der Waals surface area contributed by atoms with E-state index in [2.05, 4.69) is 21.2 Å². The van der Waals surface area contributed by atoms with Gasteiger partial charge in [-0.15, -0.1) is 0 Å². The fraction of sp³-hybridized carbons (Fsp3) is 0.533. The lowest BCUT2D eigenvalue weighted by Gasteiger charge is -2.29. The summed E-state index contributed by atoms with van der Waals surface area (Å²) in [5, 5.41) is 2.85. The minimum atomic E-state index is -3.03. The number of carbonyl (C=O) groups excluding carboxylic acids is 1. The Morgan fingerprint density at radius 1 is 1.26 bits per heavy atom. The second-order valence-corrected chi connectivity index (χ2v) is 9.13. The summed E-state index contributed by atoms with van der Waals surface area (Å²) in [5.41, 5.74) is 0.689. The van der Waals surface area contributed by atoms with Gasteiger partial charge in [0.2, 0.25) is 0 Å². The van der Waals surface area contributed by atoms with E-state index in [1.54, 1.807) is 17.0 Å². The second-order valence-electron chi connectivity index (χ2n) is 5.99. The standard InChI is InChI=1S/C15H22BrN3O3S/c1-18(2)8-9-19(14-7-10-23(21,22)11-14)15(20)17-13-5-3-12(16)4-6-13/h3-6,14H,7-11H2,1-2H3,(H,17,20). The number of hydrogen-bond acceptors (Lipinski definition) is 4. The first-order valence-electron chi connectivity index (χ1n) is 7.45. The van der Waals surface area contributed by atoms with Crippen LogP contribution in [0.25, 0.3) is 0 Å². The van der Waals surface area contributed by atoms with E-state index in [1.165, 1.54) is 0 Å². The van der Waals surface area contributed by atoms with Gasteiger partial charge >= 0.3 is 6.03 Å². The van der Waals surface area contributed by atoms with Crippen LogP contribution in [0.3, 0.4) is 0 Å². The molecule has 0 aliphatic carbocycles. The molecule has 1 fully saturated rings. The number of benzene rings is 1. The topological polar surface area (TPSA) is 69.7 Å².